The van der Waals surface area contributed by atoms with E-state index in [1.807, 2.05) is 12.1 Å². The molecule has 0 radical (unpaired) electrons. The molecule has 3 nitrogen and oxygen atoms in total. The maximum Gasteiger partial charge on any atom is 0.213 e. The van der Waals surface area contributed by atoms with Gasteiger partial charge in [-0.25, -0.2) is 0 Å². The molecule has 0 saturated carbocycles. The molecule has 0 spiro atoms. The molecule has 1 aliphatic heterocycles. The number of amides is 1. The molecule has 1 amide bonds. The van der Waals surface area contributed by atoms with Gasteiger partial charge in [0.15, 0.2) is 0 Å². The molecule has 0 atom stereocenters. The smallest absolute Gasteiger partial charge is 0.213 e. The van der Waals surface area contributed by atoms with E-state index in [-0.39, 0.29) is 0 Å². The summed E-state index contributed by atoms with van der Waals surface area (Å²) in [5.41, 5.74) is 3.45. The number of rotatable bonds is 2. The third kappa shape index (κ3) is 1.37. The molecule has 0 bridgehead atoms. The number of nitrogens with zero attached hydrogens (tertiary/aromatic N) is 1. The predicted molar refractivity (Wildman–Crippen MR) is 53.1 cm³/mol. The van der Waals surface area contributed by atoms with E-state index in [0.717, 1.165) is 25.1 Å². The fourth-order valence-electron chi connectivity index (χ4n) is 1.57. The molecule has 13 heavy (non-hydrogen) atoms. The Morgan fingerprint density at radius 3 is 3.15 bits per heavy atom. The average Bonchev–Trinajstić information content (AvgIpc) is 2.63. The van der Waals surface area contributed by atoms with E-state index in [4.69, 9.17) is 0 Å². The van der Waals surface area contributed by atoms with Gasteiger partial charge in [-0.2, -0.15) is 0 Å². The summed E-state index contributed by atoms with van der Waals surface area (Å²) in [6.45, 7) is 1.00. The highest BCUT2D eigenvalue weighted by Gasteiger charge is 2.10. The summed E-state index contributed by atoms with van der Waals surface area (Å²) in [4.78, 5) is 12.1. The van der Waals surface area contributed by atoms with Crippen LogP contribution in [0.15, 0.2) is 18.2 Å². The van der Waals surface area contributed by atoms with Gasteiger partial charge in [0.2, 0.25) is 6.41 Å². The third-order valence-corrected chi connectivity index (χ3v) is 2.36. The minimum atomic E-state index is 0.824. The lowest BCUT2D eigenvalue weighted by Gasteiger charge is -2.11. The average molecular weight is 176 g/mol. The molecule has 0 unspecified atom stereocenters. The highest BCUT2D eigenvalue weighted by Crippen LogP contribution is 2.26. The third-order valence-electron chi connectivity index (χ3n) is 2.36. The van der Waals surface area contributed by atoms with Gasteiger partial charge in [-0.1, -0.05) is 0 Å². The van der Waals surface area contributed by atoms with Crippen LogP contribution in [0.2, 0.25) is 0 Å². The first-order valence-corrected chi connectivity index (χ1v) is 4.36. The van der Waals surface area contributed by atoms with E-state index in [9.17, 15) is 4.79 Å². The largest absolute Gasteiger partial charge is 0.384 e. The Bertz CT molecular complexity index is 336. The van der Waals surface area contributed by atoms with Crippen molar-refractivity contribution in [3.63, 3.8) is 0 Å². The van der Waals surface area contributed by atoms with E-state index in [1.54, 1.807) is 11.9 Å². The second-order valence-electron chi connectivity index (χ2n) is 3.23. The van der Waals surface area contributed by atoms with Crippen molar-refractivity contribution in [2.75, 3.05) is 23.8 Å². The lowest BCUT2D eigenvalue weighted by molar-refractivity contribution is -0.107. The fourth-order valence-corrected chi connectivity index (χ4v) is 1.57. The van der Waals surface area contributed by atoms with Crippen molar-refractivity contribution >= 4 is 17.8 Å². The van der Waals surface area contributed by atoms with Gasteiger partial charge in [-0.15, -0.1) is 0 Å². The number of benzene rings is 1. The van der Waals surface area contributed by atoms with Gasteiger partial charge in [0.1, 0.15) is 0 Å². The SMILES string of the molecule is CN(C=O)c1ccc2c(c1)CCN2. The monoisotopic (exact) mass is 176 g/mol. The van der Waals surface area contributed by atoms with Crippen LogP contribution in [0.25, 0.3) is 0 Å². The van der Waals surface area contributed by atoms with E-state index in [0.29, 0.717) is 0 Å². The van der Waals surface area contributed by atoms with Crippen LogP contribution in [0.1, 0.15) is 5.56 Å². The number of hydrogen-bond donors (Lipinski definition) is 1. The summed E-state index contributed by atoms with van der Waals surface area (Å²) in [5, 5.41) is 3.28. The Hall–Kier alpha value is -1.51. The van der Waals surface area contributed by atoms with Crippen molar-refractivity contribution in [2.24, 2.45) is 0 Å². The lowest BCUT2D eigenvalue weighted by Crippen LogP contribution is -2.13. The Kier molecular flexibility index (Phi) is 1.93. The molecular formula is C10H12N2O. The minimum absolute atomic E-state index is 0.824. The first kappa shape index (κ1) is 8.10. The van der Waals surface area contributed by atoms with Gasteiger partial charge in [-0.3, -0.25) is 4.79 Å². The highest BCUT2D eigenvalue weighted by molar-refractivity contribution is 5.76. The number of anilines is 2. The van der Waals surface area contributed by atoms with Crippen LogP contribution in [0.5, 0.6) is 0 Å². The van der Waals surface area contributed by atoms with E-state index < -0.39 is 0 Å². The summed E-state index contributed by atoms with van der Waals surface area (Å²) in [5.74, 6) is 0. The molecule has 0 fully saturated rings. The summed E-state index contributed by atoms with van der Waals surface area (Å²) < 4.78 is 0. The number of nitrogens with one attached hydrogen (secondary N) is 1. The van der Waals surface area contributed by atoms with Crippen molar-refractivity contribution in [3.05, 3.63) is 23.8 Å². The maximum absolute atomic E-state index is 10.5. The highest BCUT2D eigenvalue weighted by atomic mass is 16.1. The Balaban J connectivity index is 2.35. The summed E-state index contributed by atoms with van der Waals surface area (Å²) in [6.07, 6.45) is 1.87. The quantitative estimate of drug-likeness (QED) is 0.688. The summed E-state index contributed by atoms with van der Waals surface area (Å²) in [7, 11) is 1.76. The maximum atomic E-state index is 10.5. The van der Waals surface area contributed by atoms with Gasteiger partial charge >= 0.3 is 0 Å². The van der Waals surface area contributed by atoms with Crippen LogP contribution < -0.4 is 10.2 Å². The molecule has 3 heteroatoms. The Morgan fingerprint density at radius 1 is 1.54 bits per heavy atom. The Morgan fingerprint density at radius 2 is 2.38 bits per heavy atom. The topological polar surface area (TPSA) is 32.3 Å². The van der Waals surface area contributed by atoms with E-state index >= 15 is 0 Å². The van der Waals surface area contributed by atoms with Crippen LogP contribution in [-0.2, 0) is 11.2 Å². The molecule has 1 aromatic rings. The number of fused-ring (bicyclic) bond motifs is 1. The van der Waals surface area contributed by atoms with Crippen molar-refractivity contribution in [2.45, 2.75) is 6.42 Å². The van der Waals surface area contributed by atoms with Crippen molar-refractivity contribution in [1.82, 2.24) is 0 Å². The normalized spacial score (nSPS) is 13.3. The minimum Gasteiger partial charge on any atom is -0.384 e. The molecule has 1 N–H and O–H groups in total. The lowest BCUT2D eigenvalue weighted by atomic mass is 10.1. The Labute approximate surface area is 77.4 Å². The molecule has 0 saturated heterocycles. The summed E-state index contributed by atoms with van der Waals surface area (Å²) in [6, 6.07) is 6.03. The number of carbonyl (C=O) groups is 1. The molecule has 2 rings (SSSR count). The summed E-state index contributed by atoms with van der Waals surface area (Å²) >= 11 is 0. The molecule has 1 aromatic carbocycles. The van der Waals surface area contributed by atoms with Gasteiger partial charge < -0.3 is 10.2 Å². The predicted octanol–water partition coefficient (Wildman–Crippen LogP) is 1.25. The zero-order chi connectivity index (χ0) is 9.26. The van der Waals surface area contributed by atoms with Gasteiger partial charge in [0.25, 0.3) is 0 Å². The molecule has 0 aliphatic carbocycles. The van der Waals surface area contributed by atoms with Crippen LogP contribution in [-0.4, -0.2) is 20.0 Å². The number of carbonyl (C=O) groups excluding carboxylic acids is 1. The van der Waals surface area contributed by atoms with E-state index in [2.05, 4.69) is 11.4 Å². The molecule has 1 heterocycles. The molecule has 0 aromatic heterocycles. The van der Waals surface area contributed by atoms with Crippen LogP contribution >= 0.6 is 0 Å². The van der Waals surface area contributed by atoms with Crippen LogP contribution in [0.3, 0.4) is 0 Å². The van der Waals surface area contributed by atoms with Gasteiger partial charge in [-0.05, 0) is 30.2 Å². The van der Waals surface area contributed by atoms with Crippen molar-refractivity contribution in [1.29, 1.82) is 0 Å². The molecular weight excluding hydrogens is 164 g/mol. The second-order valence-corrected chi connectivity index (χ2v) is 3.23. The molecule has 1 aliphatic rings. The van der Waals surface area contributed by atoms with E-state index in [1.165, 1.54) is 11.3 Å². The van der Waals surface area contributed by atoms with Gasteiger partial charge in [0.05, 0.1) is 0 Å². The first-order chi connectivity index (χ1) is 6.31. The first-order valence-electron chi connectivity index (χ1n) is 4.36. The zero-order valence-corrected chi connectivity index (χ0v) is 7.58. The zero-order valence-electron chi connectivity index (χ0n) is 7.58. The fraction of sp³-hybridized carbons (Fsp3) is 0.300. The molecule has 68 valence electrons. The van der Waals surface area contributed by atoms with Crippen molar-refractivity contribution in [3.8, 4) is 0 Å². The van der Waals surface area contributed by atoms with Crippen LogP contribution in [0, 0.1) is 0 Å². The van der Waals surface area contributed by atoms with Crippen molar-refractivity contribution < 1.29 is 4.79 Å². The van der Waals surface area contributed by atoms with Crippen LogP contribution in [0.4, 0.5) is 11.4 Å². The second kappa shape index (κ2) is 3.09. The standard InChI is InChI=1S/C10H12N2O/c1-12(7-13)9-2-3-10-8(6-9)4-5-11-10/h2-3,6-7,11H,4-5H2,1H3. The number of hydrogen-bond acceptors (Lipinski definition) is 2. The van der Waals surface area contributed by atoms with Gasteiger partial charge in [0, 0.05) is 25.0 Å².